The molecule has 0 bridgehead atoms. The Labute approximate surface area is 334 Å². The van der Waals surface area contributed by atoms with Crippen LogP contribution in [0.15, 0.2) is 103 Å². The number of ether oxygens (including phenoxy) is 1. The maximum Gasteiger partial charge on any atom is 0.137 e. The van der Waals surface area contributed by atoms with Crippen molar-refractivity contribution >= 4 is 21.8 Å². The van der Waals surface area contributed by atoms with Gasteiger partial charge < -0.3 is 4.74 Å². The van der Waals surface area contributed by atoms with Crippen LogP contribution in [0.25, 0.3) is 44.4 Å². The summed E-state index contributed by atoms with van der Waals surface area (Å²) in [5.74, 6) is 3.11. The number of hydrogen-bond acceptors (Lipinski definition) is 3. The lowest BCUT2D eigenvalue weighted by atomic mass is 9.78. The Morgan fingerprint density at radius 1 is 0.607 bits per heavy atom. The third-order valence-electron chi connectivity index (χ3n) is 10.9. The van der Waals surface area contributed by atoms with Crippen LogP contribution in [0.1, 0.15) is 124 Å². The fourth-order valence-corrected chi connectivity index (χ4v) is 7.70. The maximum absolute atomic E-state index is 6.74. The number of para-hydroxylation sites is 1. The highest BCUT2D eigenvalue weighted by Crippen LogP contribution is 2.41. The molecule has 0 unspecified atom stereocenters. The fraction of sp³-hybridized carbons (Fsp3) is 0.373. The molecule has 0 atom stereocenters. The van der Waals surface area contributed by atoms with Crippen LogP contribution < -0.4 is 4.74 Å². The summed E-state index contributed by atoms with van der Waals surface area (Å²) in [4.78, 5) is 4.87. The molecular weight excluding hydrogens is 685 g/mol. The molecular formula is C51H60N4O. The fourth-order valence-electron chi connectivity index (χ4n) is 7.70. The monoisotopic (exact) mass is 744 g/mol. The van der Waals surface area contributed by atoms with E-state index in [1.54, 1.807) is 0 Å². The van der Waals surface area contributed by atoms with Crippen LogP contribution in [0.2, 0.25) is 0 Å². The van der Waals surface area contributed by atoms with Crippen molar-refractivity contribution in [1.29, 1.82) is 0 Å². The average Bonchev–Trinajstić information content (AvgIpc) is 3.66. The second-order valence-electron chi connectivity index (χ2n) is 19.5. The van der Waals surface area contributed by atoms with Gasteiger partial charge in [-0.3, -0.25) is 4.57 Å². The molecule has 0 N–H and O–H groups in total. The molecule has 0 amide bonds. The van der Waals surface area contributed by atoms with E-state index in [0.29, 0.717) is 5.92 Å². The number of pyridine rings is 1. The molecule has 0 spiro atoms. The van der Waals surface area contributed by atoms with Gasteiger partial charge in [0.1, 0.15) is 17.3 Å². The summed E-state index contributed by atoms with van der Waals surface area (Å²) in [7, 11) is 0. The van der Waals surface area contributed by atoms with E-state index >= 15 is 0 Å². The number of benzene rings is 4. The predicted molar refractivity (Wildman–Crippen MR) is 236 cm³/mol. The topological polar surface area (TPSA) is 44.9 Å². The first-order chi connectivity index (χ1) is 26.3. The van der Waals surface area contributed by atoms with Crippen molar-refractivity contribution in [2.24, 2.45) is 5.92 Å². The summed E-state index contributed by atoms with van der Waals surface area (Å²) in [5.41, 5.74) is 12.0. The standard InChI is InChI=1S/C51H60N4O/c1-32(2)25-45-47(34-26-36(50(8,9)10)28-37(27-34)51(11,12)13)48(33(3)4)53-55(45)38-17-16-18-39(30-38)56-40-21-22-42-41-19-14-15-20-43(41)54(44(42)31-40)46-29-35(23-24-52-46)49(5,6)7/h14-24,26-33H,25H2,1-13H3. The Balaban J connectivity index is 1.34. The molecule has 0 fully saturated rings. The van der Waals surface area contributed by atoms with Crippen molar-refractivity contribution in [2.45, 2.75) is 119 Å². The molecule has 3 heterocycles. The largest absolute Gasteiger partial charge is 0.457 e. The zero-order valence-electron chi connectivity index (χ0n) is 35.9. The van der Waals surface area contributed by atoms with E-state index in [1.165, 1.54) is 44.3 Å². The molecule has 7 rings (SSSR count). The van der Waals surface area contributed by atoms with E-state index in [0.717, 1.165) is 46.2 Å². The van der Waals surface area contributed by atoms with Crippen molar-refractivity contribution in [1.82, 2.24) is 19.3 Å². The number of fused-ring (bicyclic) bond motifs is 3. The van der Waals surface area contributed by atoms with Gasteiger partial charge in [0.25, 0.3) is 0 Å². The molecule has 5 nitrogen and oxygen atoms in total. The Hall–Kier alpha value is -5.16. The smallest absolute Gasteiger partial charge is 0.137 e. The average molecular weight is 745 g/mol. The summed E-state index contributed by atoms with van der Waals surface area (Å²) in [5, 5.41) is 7.78. The predicted octanol–water partition coefficient (Wildman–Crippen LogP) is 14.0. The van der Waals surface area contributed by atoms with E-state index in [4.69, 9.17) is 14.8 Å². The van der Waals surface area contributed by atoms with Crippen molar-refractivity contribution in [3.8, 4) is 34.1 Å². The Kier molecular flexibility index (Phi) is 10.1. The van der Waals surface area contributed by atoms with Crippen LogP contribution in [0, 0.1) is 5.92 Å². The minimum atomic E-state index is 0.00186. The van der Waals surface area contributed by atoms with Gasteiger partial charge >= 0.3 is 0 Å². The minimum absolute atomic E-state index is 0.00186. The first-order valence-electron chi connectivity index (χ1n) is 20.4. The van der Waals surface area contributed by atoms with Crippen LogP contribution in [-0.2, 0) is 22.7 Å². The van der Waals surface area contributed by atoms with E-state index in [2.05, 4.69) is 190 Å². The van der Waals surface area contributed by atoms with Gasteiger partial charge in [-0.2, -0.15) is 5.10 Å². The molecule has 0 saturated carbocycles. The van der Waals surface area contributed by atoms with Gasteiger partial charge in [0, 0.05) is 34.7 Å². The molecule has 7 aromatic rings. The van der Waals surface area contributed by atoms with Crippen molar-refractivity contribution in [3.05, 3.63) is 131 Å². The van der Waals surface area contributed by atoms with Crippen molar-refractivity contribution in [3.63, 3.8) is 0 Å². The molecule has 5 heteroatoms. The lowest BCUT2D eigenvalue weighted by Crippen LogP contribution is -2.16. The first-order valence-corrected chi connectivity index (χ1v) is 20.4. The lowest BCUT2D eigenvalue weighted by Gasteiger charge is -2.26. The quantitative estimate of drug-likeness (QED) is 0.156. The second kappa shape index (κ2) is 14.4. The van der Waals surface area contributed by atoms with Crippen LogP contribution in [0.4, 0.5) is 0 Å². The van der Waals surface area contributed by atoms with E-state index in [-0.39, 0.29) is 22.2 Å². The summed E-state index contributed by atoms with van der Waals surface area (Å²) in [6, 6.07) is 34.9. The summed E-state index contributed by atoms with van der Waals surface area (Å²) >= 11 is 0. The number of nitrogens with zero attached hydrogens (tertiary/aromatic N) is 4. The van der Waals surface area contributed by atoms with Gasteiger partial charge in [-0.25, -0.2) is 9.67 Å². The van der Waals surface area contributed by atoms with Gasteiger partial charge in [-0.05, 0) is 99.2 Å². The van der Waals surface area contributed by atoms with Gasteiger partial charge in [0.15, 0.2) is 0 Å². The lowest BCUT2D eigenvalue weighted by molar-refractivity contribution is 0.482. The molecule has 0 aliphatic rings. The molecule has 4 aromatic carbocycles. The van der Waals surface area contributed by atoms with Gasteiger partial charge in [-0.1, -0.05) is 132 Å². The van der Waals surface area contributed by atoms with Crippen LogP contribution in [-0.4, -0.2) is 19.3 Å². The normalized spacial score (nSPS) is 12.8. The molecule has 0 saturated heterocycles. The van der Waals surface area contributed by atoms with E-state index < -0.39 is 0 Å². The van der Waals surface area contributed by atoms with Crippen LogP contribution in [0.3, 0.4) is 0 Å². The SMILES string of the molecule is CC(C)Cc1c(-c2cc(C(C)(C)C)cc(C(C)(C)C)c2)c(C(C)C)nn1-c1cccc(Oc2ccc3c4ccccc4n(-c4cc(C(C)(C)C)ccn4)c3c2)c1. The number of hydrogen-bond donors (Lipinski definition) is 0. The molecule has 0 radical (unpaired) electrons. The first kappa shape index (κ1) is 39.1. The Morgan fingerprint density at radius 3 is 1.89 bits per heavy atom. The van der Waals surface area contributed by atoms with Crippen molar-refractivity contribution in [2.75, 3.05) is 0 Å². The zero-order valence-corrected chi connectivity index (χ0v) is 35.9. The minimum Gasteiger partial charge on any atom is -0.457 e. The third-order valence-corrected chi connectivity index (χ3v) is 10.9. The highest BCUT2D eigenvalue weighted by molar-refractivity contribution is 6.09. The number of rotatable bonds is 8. The van der Waals surface area contributed by atoms with Gasteiger partial charge in [0.2, 0.25) is 0 Å². The molecule has 290 valence electrons. The second-order valence-corrected chi connectivity index (χ2v) is 19.5. The summed E-state index contributed by atoms with van der Waals surface area (Å²) in [6.07, 6.45) is 2.82. The zero-order chi connectivity index (χ0) is 40.3. The van der Waals surface area contributed by atoms with Crippen LogP contribution >= 0.6 is 0 Å². The number of aromatic nitrogens is 4. The molecule has 0 aliphatic heterocycles. The molecule has 3 aromatic heterocycles. The van der Waals surface area contributed by atoms with E-state index in [1.807, 2.05) is 12.3 Å². The highest BCUT2D eigenvalue weighted by atomic mass is 16.5. The maximum atomic E-state index is 6.74. The summed E-state index contributed by atoms with van der Waals surface area (Å²) < 4.78 is 11.2. The third kappa shape index (κ3) is 7.65. The van der Waals surface area contributed by atoms with Gasteiger partial charge in [-0.15, -0.1) is 0 Å². The van der Waals surface area contributed by atoms with Gasteiger partial charge in [0.05, 0.1) is 28.1 Å². The molecule has 0 aliphatic carbocycles. The highest BCUT2D eigenvalue weighted by Gasteiger charge is 2.27. The molecule has 56 heavy (non-hydrogen) atoms. The van der Waals surface area contributed by atoms with Crippen LogP contribution in [0.5, 0.6) is 11.5 Å². The Morgan fingerprint density at radius 2 is 1.25 bits per heavy atom. The van der Waals surface area contributed by atoms with Crippen molar-refractivity contribution < 1.29 is 4.74 Å². The summed E-state index contributed by atoms with van der Waals surface area (Å²) in [6.45, 7) is 29.7. The Bertz CT molecular complexity index is 2510. The van der Waals surface area contributed by atoms with E-state index in [9.17, 15) is 0 Å².